The van der Waals surface area contributed by atoms with Crippen LogP contribution in [0.4, 0.5) is 0 Å². The van der Waals surface area contributed by atoms with Crippen LogP contribution in [0.2, 0.25) is 0 Å². The summed E-state index contributed by atoms with van der Waals surface area (Å²) in [6.45, 7) is 16.1. The van der Waals surface area contributed by atoms with E-state index in [1.54, 1.807) is 0 Å². The molecule has 0 aromatic heterocycles. The maximum Gasteiger partial charge on any atom is 0.316 e. The van der Waals surface area contributed by atoms with Gasteiger partial charge in [-0.25, -0.2) is 0 Å². The largest absolute Gasteiger partial charge is 0.468 e. The average Bonchev–Trinajstić information content (AvgIpc) is 2.87. The van der Waals surface area contributed by atoms with Crippen molar-refractivity contribution >= 4 is 11.9 Å². The molecule has 39 heavy (non-hydrogen) atoms. The minimum absolute atomic E-state index is 0.0136. The van der Waals surface area contributed by atoms with Gasteiger partial charge in [0.15, 0.2) is 5.79 Å². The summed E-state index contributed by atoms with van der Waals surface area (Å²) in [6, 6.07) is 0. The molecule has 1 spiro atoms. The normalized spacial score (nSPS) is 53.3. The Balaban J connectivity index is 1.48. The Morgan fingerprint density at radius 3 is 2.36 bits per heavy atom. The van der Waals surface area contributed by atoms with Crippen molar-refractivity contribution in [3.05, 3.63) is 11.6 Å². The third-order valence-electron chi connectivity index (χ3n) is 14.4. The number of allylic oxidation sites excluding steroid dienone is 2. The van der Waals surface area contributed by atoms with E-state index >= 15 is 0 Å². The highest BCUT2D eigenvalue weighted by Crippen LogP contribution is 2.78. The van der Waals surface area contributed by atoms with E-state index in [0.29, 0.717) is 43.6 Å². The first kappa shape index (κ1) is 27.8. The predicted octanol–water partition coefficient (Wildman–Crippen LogP) is 6.06. The molecule has 0 unspecified atom stereocenters. The molecule has 5 aliphatic carbocycles. The summed E-state index contributed by atoms with van der Waals surface area (Å²) in [5, 5.41) is 11.4. The standard InChI is InChI=1S/C33H50O6/c1-19-17-25(39-21(3)34)32(27(35)37-8)15-13-29(6)22(26(32)20(19)2)9-10-24-30(29,7)12-11-23-28(4,5)33(36)16-14-31(23,24)18-38-33/h9,19-20,23-26,36H,10-18H2,1-8H3/t19-,20+,23+,24+,25-,26+,29-,30-,31-,32-,33-/m1/s1. The number of aliphatic hydroxyl groups is 1. The maximum absolute atomic E-state index is 13.8. The SMILES string of the molecule is COC(=O)[C@@]12CC[C@]3(C)C(=CC[C@@H]4[C@]56CC[C@@](O)(OC5)C(C)(C)[C@@H]6CC[C@]43C)[C@@H]1[C@@H](C)[C@H](C)C[C@H]2OC(C)=O. The molecule has 0 aromatic rings. The number of fused-ring (bicyclic) bond motifs is 7. The Morgan fingerprint density at radius 1 is 1.03 bits per heavy atom. The van der Waals surface area contributed by atoms with Crippen LogP contribution in [0.5, 0.6) is 0 Å². The van der Waals surface area contributed by atoms with Crippen LogP contribution in [0, 0.1) is 56.7 Å². The van der Waals surface area contributed by atoms with E-state index < -0.39 is 17.3 Å². The van der Waals surface area contributed by atoms with Crippen molar-refractivity contribution in [3.63, 3.8) is 0 Å². The lowest BCUT2D eigenvalue weighted by atomic mass is 9.32. The van der Waals surface area contributed by atoms with E-state index in [2.05, 4.69) is 47.6 Å². The van der Waals surface area contributed by atoms with Gasteiger partial charge in [0.2, 0.25) is 0 Å². The molecule has 2 aliphatic heterocycles. The first-order valence-corrected chi connectivity index (χ1v) is 15.5. The van der Waals surface area contributed by atoms with E-state index in [0.717, 1.165) is 32.1 Å². The molecule has 6 fully saturated rings. The summed E-state index contributed by atoms with van der Waals surface area (Å²) in [7, 11) is 1.48. The van der Waals surface area contributed by atoms with Crippen LogP contribution >= 0.6 is 0 Å². The average molecular weight is 543 g/mol. The van der Waals surface area contributed by atoms with Gasteiger partial charge in [0.1, 0.15) is 11.5 Å². The molecule has 2 heterocycles. The molecule has 1 N–H and O–H groups in total. The lowest BCUT2D eigenvalue weighted by Gasteiger charge is -2.75. The molecular weight excluding hydrogens is 492 g/mol. The summed E-state index contributed by atoms with van der Waals surface area (Å²) in [5.41, 5.74) is 0.348. The van der Waals surface area contributed by atoms with Crippen molar-refractivity contribution in [2.45, 2.75) is 112 Å². The molecule has 6 nitrogen and oxygen atoms in total. The second kappa shape index (κ2) is 8.33. The van der Waals surface area contributed by atoms with Gasteiger partial charge in [-0.2, -0.15) is 0 Å². The van der Waals surface area contributed by atoms with Crippen molar-refractivity contribution in [1.29, 1.82) is 0 Å². The fourth-order valence-electron chi connectivity index (χ4n) is 11.8. The number of rotatable bonds is 2. The molecule has 7 aliphatic rings. The zero-order chi connectivity index (χ0) is 28.4. The van der Waals surface area contributed by atoms with Gasteiger partial charge < -0.3 is 19.3 Å². The lowest BCUT2D eigenvalue weighted by Crippen LogP contribution is -2.73. The molecule has 11 atom stereocenters. The van der Waals surface area contributed by atoms with Crippen molar-refractivity contribution in [1.82, 2.24) is 0 Å². The Morgan fingerprint density at radius 2 is 1.74 bits per heavy atom. The first-order chi connectivity index (χ1) is 18.1. The summed E-state index contributed by atoms with van der Waals surface area (Å²) >= 11 is 0. The monoisotopic (exact) mass is 542 g/mol. The van der Waals surface area contributed by atoms with Gasteiger partial charge in [-0.3, -0.25) is 9.59 Å². The molecule has 0 amide bonds. The Labute approximate surface area is 234 Å². The van der Waals surface area contributed by atoms with E-state index in [-0.39, 0.29) is 45.4 Å². The Kier molecular flexibility index (Phi) is 5.93. The molecule has 7 rings (SSSR count). The van der Waals surface area contributed by atoms with Gasteiger partial charge in [-0.1, -0.05) is 53.2 Å². The second-order valence-electron chi connectivity index (χ2n) is 15.5. The minimum Gasteiger partial charge on any atom is -0.468 e. The maximum atomic E-state index is 13.8. The second-order valence-corrected chi connectivity index (χ2v) is 15.5. The highest BCUT2D eigenvalue weighted by atomic mass is 16.6. The van der Waals surface area contributed by atoms with E-state index in [1.165, 1.54) is 19.6 Å². The zero-order valence-corrected chi connectivity index (χ0v) is 25.4. The molecule has 218 valence electrons. The highest BCUT2D eigenvalue weighted by Gasteiger charge is 2.75. The Bertz CT molecular complexity index is 1100. The fourth-order valence-corrected chi connectivity index (χ4v) is 11.8. The molecule has 6 heteroatoms. The van der Waals surface area contributed by atoms with Crippen LogP contribution in [0.25, 0.3) is 0 Å². The number of esters is 2. The van der Waals surface area contributed by atoms with Crippen LogP contribution in [0.15, 0.2) is 11.6 Å². The van der Waals surface area contributed by atoms with Gasteiger partial charge >= 0.3 is 11.9 Å². The van der Waals surface area contributed by atoms with Crippen LogP contribution in [0.1, 0.15) is 99.8 Å². The van der Waals surface area contributed by atoms with Crippen molar-refractivity contribution in [2.75, 3.05) is 13.7 Å². The molecule has 2 saturated heterocycles. The molecular formula is C33H50O6. The smallest absolute Gasteiger partial charge is 0.316 e. The lowest BCUT2D eigenvalue weighted by molar-refractivity contribution is -0.395. The molecule has 2 bridgehead atoms. The van der Waals surface area contributed by atoms with Gasteiger partial charge in [0.05, 0.1) is 13.7 Å². The number of carbonyl (C=O) groups is 2. The van der Waals surface area contributed by atoms with Gasteiger partial charge in [-0.15, -0.1) is 0 Å². The minimum atomic E-state index is -1.02. The van der Waals surface area contributed by atoms with Crippen molar-refractivity contribution < 1.29 is 28.9 Å². The number of methoxy groups -OCH3 is 1. The van der Waals surface area contributed by atoms with Crippen LogP contribution in [0.3, 0.4) is 0 Å². The summed E-state index contributed by atoms with van der Waals surface area (Å²) < 4.78 is 17.9. The van der Waals surface area contributed by atoms with Crippen molar-refractivity contribution in [3.8, 4) is 0 Å². The molecule has 4 saturated carbocycles. The van der Waals surface area contributed by atoms with Crippen LogP contribution < -0.4 is 0 Å². The van der Waals surface area contributed by atoms with E-state index in [4.69, 9.17) is 14.2 Å². The van der Waals surface area contributed by atoms with Gasteiger partial charge in [-0.05, 0) is 79.4 Å². The quantitative estimate of drug-likeness (QED) is 0.338. The Hall–Kier alpha value is -1.40. The van der Waals surface area contributed by atoms with E-state index in [9.17, 15) is 14.7 Å². The van der Waals surface area contributed by atoms with E-state index in [1.807, 2.05) is 0 Å². The highest BCUT2D eigenvalue weighted by molar-refractivity contribution is 5.80. The number of ether oxygens (including phenoxy) is 3. The summed E-state index contributed by atoms with van der Waals surface area (Å²) in [4.78, 5) is 26.1. The fraction of sp³-hybridized carbons (Fsp3) is 0.879. The third kappa shape index (κ3) is 3.12. The summed E-state index contributed by atoms with van der Waals surface area (Å²) in [6.07, 6.45) is 9.21. The van der Waals surface area contributed by atoms with Crippen LogP contribution in [-0.2, 0) is 23.8 Å². The van der Waals surface area contributed by atoms with Gasteiger partial charge in [0.25, 0.3) is 0 Å². The summed E-state index contributed by atoms with van der Waals surface area (Å²) in [5.74, 6) is -0.0684. The zero-order valence-electron chi connectivity index (χ0n) is 25.4. The third-order valence-corrected chi connectivity index (χ3v) is 14.4. The van der Waals surface area contributed by atoms with Crippen LogP contribution in [-0.4, -0.2) is 42.7 Å². The molecule has 0 radical (unpaired) electrons. The predicted molar refractivity (Wildman–Crippen MR) is 147 cm³/mol. The first-order valence-electron chi connectivity index (χ1n) is 15.5. The van der Waals surface area contributed by atoms with Gasteiger partial charge in [0, 0.05) is 30.1 Å². The number of hydrogen-bond acceptors (Lipinski definition) is 6. The van der Waals surface area contributed by atoms with Crippen molar-refractivity contribution in [2.24, 2.45) is 56.7 Å². The number of hydrogen-bond donors (Lipinski definition) is 1. The molecule has 0 aromatic carbocycles. The number of carbonyl (C=O) groups excluding carboxylic acids is 2. The topological polar surface area (TPSA) is 82.1 Å².